The molecule has 7 aromatic carbocycles. The average Bonchev–Trinajstić information content (AvgIpc) is 3.68. The number of hydrogen-bond donors (Lipinski definition) is 0. The Bertz CT molecular complexity index is 2790. The summed E-state index contributed by atoms with van der Waals surface area (Å²) in [6.07, 6.45) is 0. The average molecular weight is 603 g/mol. The van der Waals surface area contributed by atoms with Gasteiger partial charge in [-0.15, -0.1) is 11.3 Å². The minimum atomic E-state index is 1.01. The maximum Gasteiger partial charge on any atom is 0.0788 e. The number of aromatic nitrogens is 2. The van der Waals surface area contributed by atoms with Gasteiger partial charge in [0.1, 0.15) is 0 Å². The Kier molecular flexibility index (Phi) is 5.48. The predicted molar refractivity (Wildman–Crippen MR) is 197 cm³/mol. The number of fused-ring (bicyclic) bond motifs is 10. The van der Waals surface area contributed by atoms with Gasteiger partial charge in [-0.1, -0.05) is 121 Å². The van der Waals surface area contributed by atoms with E-state index in [4.69, 9.17) is 4.98 Å². The van der Waals surface area contributed by atoms with Crippen LogP contribution in [0.25, 0.3) is 91.7 Å². The van der Waals surface area contributed by atoms with Gasteiger partial charge in [0.15, 0.2) is 0 Å². The molecule has 46 heavy (non-hydrogen) atoms. The molecule has 214 valence electrons. The summed E-state index contributed by atoms with van der Waals surface area (Å²) in [6.45, 7) is 0. The molecule has 10 rings (SSSR count). The van der Waals surface area contributed by atoms with Gasteiger partial charge in [-0.25, -0.2) is 4.98 Å². The molecule has 0 amide bonds. The quantitative estimate of drug-likeness (QED) is 0.184. The first kappa shape index (κ1) is 25.5. The lowest BCUT2D eigenvalue weighted by atomic mass is 9.95. The molecule has 0 spiro atoms. The van der Waals surface area contributed by atoms with Gasteiger partial charge in [0.2, 0.25) is 0 Å². The van der Waals surface area contributed by atoms with Crippen LogP contribution in [0.4, 0.5) is 0 Å². The molecule has 0 fully saturated rings. The molecule has 0 N–H and O–H groups in total. The van der Waals surface area contributed by atoms with Crippen LogP contribution in [0.1, 0.15) is 0 Å². The van der Waals surface area contributed by atoms with Crippen LogP contribution in [0.15, 0.2) is 158 Å². The molecule has 3 heterocycles. The van der Waals surface area contributed by atoms with Gasteiger partial charge in [-0.2, -0.15) is 0 Å². The van der Waals surface area contributed by atoms with E-state index in [-0.39, 0.29) is 0 Å². The largest absolute Gasteiger partial charge is 0.309 e. The van der Waals surface area contributed by atoms with Crippen molar-refractivity contribution in [2.75, 3.05) is 0 Å². The minimum Gasteiger partial charge on any atom is -0.309 e. The topological polar surface area (TPSA) is 17.8 Å². The monoisotopic (exact) mass is 602 g/mol. The second kappa shape index (κ2) is 9.87. The summed E-state index contributed by atoms with van der Waals surface area (Å²) < 4.78 is 5.05. The van der Waals surface area contributed by atoms with E-state index >= 15 is 0 Å². The van der Waals surface area contributed by atoms with Gasteiger partial charge in [-0.05, 0) is 47.5 Å². The van der Waals surface area contributed by atoms with E-state index in [1.807, 2.05) is 11.3 Å². The number of hydrogen-bond acceptors (Lipinski definition) is 2. The minimum absolute atomic E-state index is 1.01. The summed E-state index contributed by atoms with van der Waals surface area (Å²) in [5, 5.41) is 8.77. The standard InChI is InChI=1S/C43H26N2S/c1-2-11-29(12-3-1)45-37-19-8-5-15-34(37)41-38(45)26-25-35-40(41)33-14-4-7-18-36(33)44-42(35)28-23-21-27(22-24-28)30-16-10-17-32-31-13-6-9-20-39(31)46-43(30)32/h1-26H. The van der Waals surface area contributed by atoms with Crippen molar-refractivity contribution >= 4 is 75.0 Å². The Morgan fingerprint density at radius 2 is 1.13 bits per heavy atom. The van der Waals surface area contributed by atoms with Crippen LogP contribution in [0.2, 0.25) is 0 Å². The molecule has 0 aliphatic carbocycles. The fourth-order valence-electron chi connectivity index (χ4n) is 7.36. The molecular weight excluding hydrogens is 577 g/mol. The Morgan fingerprint density at radius 3 is 2.00 bits per heavy atom. The first-order chi connectivity index (χ1) is 22.8. The number of pyridine rings is 1. The summed E-state index contributed by atoms with van der Waals surface area (Å²) in [4.78, 5) is 5.30. The summed E-state index contributed by atoms with van der Waals surface area (Å²) in [7, 11) is 0. The summed E-state index contributed by atoms with van der Waals surface area (Å²) in [6, 6.07) is 57.0. The van der Waals surface area contributed by atoms with Gasteiger partial charge in [-0.3, -0.25) is 0 Å². The third-order valence-corrected chi connectivity index (χ3v) is 10.6. The predicted octanol–water partition coefficient (Wildman–Crippen LogP) is 12.2. The third kappa shape index (κ3) is 3.67. The van der Waals surface area contributed by atoms with Crippen LogP contribution < -0.4 is 0 Å². The third-order valence-electron chi connectivity index (χ3n) is 9.39. The highest BCUT2D eigenvalue weighted by Gasteiger charge is 2.19. The molecule has 10 aromatic rings. The van der Waals surface area contributed by atoms with E-state index in [9.17, 15) is 0 Å². The lowest BCUT2D eigenvalue weighted by Gasteiger charge is -2.13. The zero-order chi connectivity index (χ0) is 30.2. The van der Waals surface area contributed by atoms with Gasteiger partial charge < -0.3 is 4.57 Å². The van der Waals surface area contributed by atoms with Crippen molar-refractivity contribution in [1.29, 1.82) is 0 Å². The number of benzene rings is 7. The second-order valence-electron chi connectivity index (χ2n) is 11.9. The Balaban J connectivity index is 1.22. The lowest BCUT2D eigenvalue weighted by Crippen LogP contribution is -1.94. The zero-order valence-electron chi connectivity index (χ0n) is 24.8. The van der Waals surface area contributed by atoms with Gasteiger partial charge in [0.25, 0.3) is 0 Å². The van der Waals surface area contributed by atoms with Crippen molar-refractivity contribution < 1.29 is 0 Å². The van der Waals surface area contributed by atoms with E-state index in [1.54, 1.807) is 0 Å². The molecule has 0 atom stereocenters. The zero-order valence-corrected chi connectivity index (χ0v) is 25.6. The first-order valence-corrected chi connectivity index (χ1v) is 16.5. The van der Waals surface area contributed by atoms with Crippen LogP contribution >= 0.6 is 11.3 Å². The molecular formula is C43H26N2S. The molecule has 0 aliphatic heterocycles. The molecule has 3 aromatic heterocycles. The van der Waals surface area contributed by atoms with Crippen LogP contribution in [0.5, 0.6) is 0 Å². The summed E-state index contributed by atoms with van der Waals surface area (Å²) in [5.41, 5.74) is 9.21. The van der Waals surface area contributed by atoms with Crippen molar-refractivity contribution in [1.82, 2.24) is 9.55 Å². The highest BCUT2D eigenvalue weighted by atomic mass is 32.1. The lowest BCUT2D eigenvalue weighted by molar-refractivity contribution is 1.18. The van der Waals surface area contributed by atoms with Crippen molar-refractivity contribution in [3.05, 3.63) is 158 Å². The second-order valence-corrected chi connectivity index (χ2v) is 13.0. The maximum absolute atomic E-state index is 5.30. The van der Waals surface area contributed by atoms with E-state index < -0.39 is 0 Å². The van der Waals surface area contributed by atoms with Crippen molar-refractivity contribution in [3.8, 4) is 28.1 Å². The number of rotatable bonds is 3. The maximum atomic E-state index is 5.30. The molecule has 0 radical (unpaired) electrons. The van der Waals surface area contributed by atoms with E-state index in [0.717, 1.165) is 22.5 Å². The van der Waals surface area contributed by atoms with Crippen molar-refractivity contribution in [2.24, 2.45) is 0 Å². The fraction of sp³-hybridized carbons (Fsp3) is 0. The first-order valence-electron chi connectivity index (χ1n) is 15.6. The molecule has 2 nitrogen and oxygen atoms in total. The SMILES string of the molecule is c1ccc(-n2c3ccccc3c3c4c(ccc32)c(-c2ccc(-c3cccc5c3sc3ccccc35)cc2)nc2ccccc24)cc1. The highest BCUT2D eigenvalue weighted by molar-refractivity contribution is 7.26. The number of para-hydroxylation sites is 3. The Morgan fingerprint density at radius 1 is 0.435 bits per heavy atom. The van der Waals surface area contributed by atoms with Crippen molar-refractivity contribution in [3.63, 3.8) is 0 Å². The summed E-state index contributed by atoms with van der Waals surface area (Å²) in [5.74, 6) is 0. The molecule has 0 saturated heterocycles. The van der Waals surface area contributed by atoms with E-state index in [2.05, 4.69) is 162 Å². The fourth-order valence-corrected chi connectivity index (χ4v) is 8.60. The number of nitrogens with zero attached hydrogens (tertiary/aromatic N) is 2. The molecule has 0 saturated carbocycles. The molecule has 0 aliphatic rings. The van der Waals surface area contributed by atoms with Crippen LogP contribution in [0.3, 0.4) is 0 Å². The normalized spacial score (nSPS) is 11.9. The van der Waals surface area contributed by atoms with Crippen LogP contribution in [-0.4, -0.2) is 9.55 Å². The summed E-state index contributed by atoms with van der Waals surface area (Å²) >= 11 is 1.87. The van der Waals surface area contributed by atoms with Crippen LogP contribution in [0, 0.1) is 0 Å². The Labute approximate surface area is 269 Å². The van der Waals surface area contributed by atoms with Gasteiger partial charge in [0.05, 0.1) is 22.2 Å². The molecule has 0 unspecified atom stereocenters. The molecule has 0 bridgehead atoms. The Hall–Kier alpha value is -5.77. The highest BCUT2D eigenvalue weighted by Crippen LogP contribution is 2.43. The smallest absolute Gasteiger partial charge is 0.0788 e. The van der Waals surface area contributed by atoms with E-state index in [1.165, 1.54) is 69.3 Å². The molecule has 3 heteroatoms. The van der Waals surface area contributed by atoms with E-state index in [0.29, 0.717) is 0 Å². The number of thiophene rings is 1. The van der Waals surface area contributed by atoms with Crippen molar-refractivity contribution in [2.45, 2.75) is 0 Å². The van der Waals surface area contributed by atoms with Crippen LogP contribution in [-0.2, 0) is 0 Å². The van der Waals surface area contributed by atoms with Gasteiger partial charge >= 0.3 is 0 Å². The van der Waals surface area contributed by atoms with Gasteiger partial charge in [0, 0.05) is 58.4 Å².